The standard InChI is InChI=1S/C12H18N2O2/c1-9(15)10-2-4-11(5-3-10)14-8-12(16)6-7-13/h2-5,12,14,16H,6-8,13H2,1H3. The molecule has 1 atom stereocenters. The van der Waals surface area contributed by atoms with Crippen LogP contribution in [0.25, 0.3) is 0 Å². The SMILES string of the molecule is CC(=O)c1ccc(NCC(O)CCN)cc1. The zero-order valence-electron chi connectivity index (χ0n) is 9.44. The van der Waals surface area contributed by atoms with Gasteiger partial charge in [-0.05, 0) is 44.2 Å². The Labute approximate surface area is 95.5 Å². The van der Waals surface area contributed by atoms with Crippen LogP contribution in [0.3, 0.4) is 0 Å². The molecule has 0 aromatic heterocycles. The third-order valence-electron chi connectivity index (χ3n) is 2.33. The summed E-state index contributed by atoms with van der Waals surface area (Å²) >= 11 is 0. The van der Waals surface area contributed by atoms with Gasteiger partial charge in [-0.25, -0.2) is 0 Å². The van der Waals surface area contributed by atoms with E-state index in [1.54, 1.807) is 12.1 Å². The van der Waals surface area contributed by atoms with E-state index in [1.807, 2.05) is 12.1 Å². The number of anilines is 1. The van der Waals surface area contributed by atoms with E-state index in [0.717, 1.165) is 5.69 Å². The number of rotatable bonds is 6. The van der Waals surface area contributed by atoms with Crippen molar-refractivity contribution in [3.05, 3.63) is 29.8 Å². The number of nitrogens with one attached hydrogen (secondary N) is 1. The number of nitrogens with two attached hydrogens (primary N) is 1. The van der Waals surface area contributed by atoms with Crippen LogP contribution >= 0.6 is 0 Å². The minimum atomic E-state index is -0.433. The molecule has 16 heavy (non-hydrogen) atoms. The van der Waals surface area contributed by atoms with Crippen LogP contribution in [-0.4, -0.2) is 30.1 Å². The van der Waals surface area contributed by atoms with Gasteiger partial charge in [0, 0.05) is 17.8 Å². The molecule has 0 aliphatic heterocycles. The highest BCUT2D eigenvalue weighted by Gasteiger charge is 2.03. The molecule has 4 heteroatoms. The van der Waals surface area contributed by atoms with E-state index in [2.05, 4.69) is 5.32 Å². The molecule has 0 saturated carbocycles. The van der Waals surface area contributed by atoms with Crippen LogP contribution in [-0.2, 0) is 0 Å². The second-order valence-corrected chi connectivity index (χ2v) is 3.75. The molecule has 0 aliphatic carbocycles. The van der Waals surface area contributed by atoms with Gasteiger partial charge < -0.3 is 16.2 Å². The first-order valence-electron chi connectivity index (χ1n) is 5.36. The fraction of sp³-hybridized carbons (Fsp3) is 0.417. The predicted molar refractivity (Wildman–Crippen MR) is 64.6 cm³/mol. The van der Waals surface area contributed by atoms with Crippen LogP contribution in [0.15, 0.2) is 24.3 Å². The first kappa shape index (κ1) is 12.7. The lowest BCUT2D eigenvalue weighted by Crippen LogP contribution is -2.22. The molecule has 0 saturated heterocycles. The number of hydrogen-bond donors (Lipinski definition) is 3. The predicted octanol–water partition coefficient (Wildman–Crippen LogP) is 1.01. The highest BCUT2D eigenvalue weighted by molar-refractivity contribution is 5.94. The van der Waals surface area contributed by atoms with Crippen molar-refractivity contribution in [1.82, 2.24) is 0 Å². The second-order valence-electron chi connectivity index (χ2n) is 3.75. The van der Waals surface area contributed by atoms with E-state index in [1.165, 1.54) is 6.92 Å². The molecule has 88 valence electrons. The molecule has 0 spiro atoms. The van der Waals surface area contributed by atoms with Crippen molar-refractivity contribution < 1.29 is 9.90 Å². The van der Waals surface area contributed by atoms with E-state index >= 15 is 0 Å². The summed E-state index contributed by atoms with van der Waals surface area (Å²) in [7, 11) is 0. The summed E-state index contributed by atoms with van der Waals surface area (Å²) in [5.74, 6) is 0.0507. The highest BCUT2D eigenvalue weighted by atomic mass is 16.3. The van der Waals surface area contributed by atoms with Crippen molar-refractivity contribution >= 4 is 11.5 Å². The van der Waals surface area contributed by atoms with Gasteiger partial charge in [0.25, 0.3) is 0 Å². The monoisotopic (exact) mass is 222 g/mol. The van der Waals surface area contributed by atoms with Crippen LogP contribution in [0.2, 0.25) is 0 Å². The summed E-state index contributed by atoms with van der Waals surface area (Å²) in [5.41, 5.74) is 6.90. The van der Waals surface area contributed by atoms with Crippen molar-refractivity contribution in [1.29, 1.82) is 0 Å². The molecule has 1 unspecified atom stereocenters. The molecule has 0 fully saturated rings. The number of aliphatic hydroxyl groups excluding tert-OH is 1. The average molecular weight is 222 g/mol. The van der Waals surface area contributed by atoms with Gasteiger partial charge in [-0.3, -0.25) is 4.79 Å². The van der Waals surface area contributed by atoms with Gasteiger partial charge in [-0.1, -0.05) is 0 Å². The zero-order chi connectivity index (χ0) is 12.0. The van der Waals surface area contributed by atoms with E-state index in [-0.39, 0.29) is 5.78 Å². The second kappa shape index (κ2) is 6.25. The molecule has 0 bridgehead atoms. The Balaban J connectivity index is 2.46. The molecule has 0 amide bonds. The van der Waals surface area contributed by atoms with Crippen LogP contribution in [0, 0.1) is 0 Å². The molecule has 1 aromatic carbocycles. The maximum absolute atomic E-state index is 11.0. The highest BCUT2D eigenvalue weighted by Crippen LogP contribution is 2.10. The molecule has 4 N–H and O–H groups in total. The van der Waals surface area contributed by atoms with E-state index in [9.17, 15) is 9.90 Å². The van der Waals surface area contributed by atoms with E-state index < -0.39 is 6.10 Å². The smallest absolute Gasteiger partial charge is 0.159 e. The van der Waals surface area contributed by atoms with Crippen LogP contribution in [0.4, 0.5) is 5.69 Å². The summed E-state index contributed by atoms with van der Waals surface area (Å²) in [6.07, 6.45) is 0.149. The average Bonchev–Trinajstić information content (AvgIpc) is 2.27. The molecule has 0 radical (unpaired) electrons. The quantitative estimate of drug-likeness (QED) is 0.628. The zero-order valence-corrected chi connectivity index (χ0v) is 9.44. The minimum Gasteiger partial charge on any atom is -0.391 e. The van der Waals surface area contributed by atoms with Crippen molar-refractivity contribution in [2.24, 2.45) is 5.73 Å². The van der Waals surface area contributed by atoms with Crippen LogP contribution < -0.4 is 11.1 Å². The number of ketones is 1. The Morgan fingerprint density at radius 3 is 2.56 bits per heavy atom. The summed E-state index contributed by atoms with van der Waals surface area (Å²) in [4.78, 5) is 11.0. The van der Waals surface area contributed by atoms with Gasteiger partial charge in [-0.2, -0.15) is 0 Å². The third-order valence-corrected chi connectivity index (χ3v) is 2.33. The van der Waals surface area contributed by atoms with Gasteiger partial charge in [0.05, 0.1) is 6.10 Å². The molecule has 0 aliphatic rings. The number of hydrogen-bond acceptors (Lipinski definition) is 4. The minimum absolute atomic E-state index is 0.0507. The fourth-order valence-corrected chi connectivity index (χ4v) is 1.35. The van der Waals surface area contributed by atoms with Crippen LogP contribution in [0.5, 0.6) is 0 Å². The van der Waals surface area contributed by atoms with Gasteiger partial charge in [0.15, 0.2) is 5.78 Å². The first-order chi connectivity index (χ1) is 7.63. The maximum Gasteiger partial charge on any atom is 0.159 e. The fourth-order valence-electron chi connectivity index (χ4n) is 1.35. The molecule has 4 nitrogen and oxygen atoms in total. The number of carbonyl (C=O) groups is 1. The normalized spacial score (nSPS) is 12.2. The van der Waals surface area contributed by atoms with Crippen molar-refractivity contribution in [2.75, 3.05) is 18.4 Å². The Hall–Kier alpha value is -1.39. The Kier molecular flexibility index (Phi) is 4.95. The van der Waals surface area contributed by atoms with Gasteiger partial charge in [-0.15, -0.1) is 0 Å². The lowest BCUT2D eigenvalue weighted by molar-refractivity contribution is 0.101. The van der Waals surface area contributed by atoms with Crippen LogP contribution in [0.1, 0.15) is 23.7 Å². The van der Waals surface area contributed by atoms with E-state index in [0.29, 0.717) is 25.1 Å². The van der Waals surface area contributed by atoms with E-state index in [4.69, 9.17) is 5.73 Å². The number of aliphatic hydroxyl groups is 1. The topological polar surface area (TPSA) is 75.3 Å². The third kappa shape index (κ3) is 4.00. The lowest BCUT2D eigenvalue weighted by Gasteiger charge is -2.11. The summed E-state index contributed by atoms with van der Waals surface area (Å²) in [6.45, 7) is 2.48. The first-order valence-corrected chi connectivity index (χ1v) is 5.36. The van der Waals surface area contributed by atoms with Gasteiger partial charge in [0.1, 0.15) is 0 Å². The summed E-state index contributed by atoms with van der Waals surface area (Å²) < 4.78 is 0. The summed E-state index contributed by atoms with van der Waals surface area (Å²) in [5, 5.41) is 12.5. The Morgan fingerprint density at radius 2 is 2.06 bits per heavy atom. The van der Waals surface area contributed by atoms with Crippen molar-refractivity contribution in [3.8, 4) is 0 Å². The molecule has 1 aromatic rings. The van der Waals surface area contributed by atoms with Crippen molar-refractivity contribution in [2.45, 2.75) is 19.4 Å². The van der Waals surface area contributed by atoms with Crippen molar-refractivity contribution in [3.63, 3.8) is 0 Å². The Morgan fingerprint density at radius 1 is 1.44 bits per heavy atom. The molecular weight excluding hydrogens is 204 g/mol. The lowest BCUT2D eigenvalue weighted by atomic mass is 10.1. The Bertz CT molecular complexity index is 335. The van der Waals surface area contributed by atoms with Gasteiger partial charge in [0.2, 0.25) is 0 Å². The largest absolute Gasteiger partial charge is 0.391 e. The molecule has 0 heterocycles. The summed E-state index contributed by atoms with van der Waals surface area (Å²) in [6, 6.07) is 7.18. The molecular formula is C12H18N2O2. The van der Waals surface area contributed by atoms with Gasteiger partial charge >= 0.3 is 0 Å². The number of benzene rings is 1. The number of Topliss-reactive ketones (excluding diaryl/α,β-unsaturated/α-hetero) is 1. The number of carbonyl (C=O) groups excluding carboxylic acids is 1. The maximum atomic E-state index is 11.0. The molecule has 1 rings (SSSR count).